The van der Waals surface area contributed by atoms with Gasteiger partial charge in [-0.3, -0.25) is 4.57 Å². The summed E-state index contributed by atoms with van der Waals surface area (Å²) < 4.78 is 2.09. The van der Waals surface area contributed by atoms with E-state index in [1.54, 1.807) is 0 Å². The highest BCUT2D eigenvalue weighted by Crippen LogP contribution is 2.13. The Morgan fingerprint density at radius 3 is 2.35 bits per heavy atom. The molecule has 0 amide bonds. The molecule has 3 heteroatoms. The zero-order chi connectivity index (χ0) is 14.0. The molecule has 0 atom stereocenters. The number of rotatable bonds is 9. The van der Waals surface area contributed by atoms with Crippen LogP contribution in [0.15, 0.2) is 36.7 Å². The molecule has 0 spiro atoms. The Morgan fingerprint density at radius 1 is 0.900 bits per heavy atom. The number of hydrogen-bond donors (Lipinski definition) is 0. The monoisotopic (exact) mass is 271 g/mol. The maximum atomic E-state index is 4.25. The van der Waals surface area contributed by atoms with Crippen molar-refractivity contribution in [2.75, 3.05) is 0 Å². The fourth-order valence-electron chi connectivity index (χ4n) is 2.47. The van der Waals surface area contributed by atoms with Gasteiger partial charge in [0.05, 0.1) is 0 Å². The van der Waals surface area contributed by atoms with Crippen molar-refractivity contribution in [3.63, 3.8) is 0 Å². The number of aryl methyl sites for hydroxylation is 1. The van der Waals surface area contributed by atoms with Gasteiger partial charge in [0.25, 0.3) is 0 Å². The van der Waals surface area contributed by atoms with Crippen molar-refractivity contribution in [2.24, 2.45) is 0 Å². The summed E-state index contributed by atoms with van der Waals surface area (Å²) in [5.41, 5.74) is 1.15. The molecule has 1 aromatic carbocycles. The first-order valence-electron chi connectivity index (χ1n) is 7.86. The molecule has 0 aliphatic heterocycles. The molecule has 1 aromatic heterocycles. The zero-order valence-corrected chi connectivity index (χ0v) is 12.5. The van der Waals surface area contributed by atoms with Gasteiger partial charge in [-0.25, -0.2) is 0 Å². The van der Waals surface area contributed by atoms with Gasteiger partial charge in [-0.1, -0.05) is 63.6 Å². The summed E-state index contributed by atoms with van der Waals surface area (Å²) in [5.74, 6) is 1.07. The van der Waals surface area contributed by atoms with Crippen LogP contribution in [0.4, 0.5) is 0 Å². The number of aromatic nitrogens is 3. The third-order valence-electron chi connectivity index (χ3n) is 3.66. The zero-order valence-electron chi connectivity index (χ0n) is 12.5. The molecule has 2 aromatic rings. The molecular formula is C17H25N3. The van der Waals surface area contributed by atoms with Gasteiger partial charge >= 0.3 is 0 Å². The van der Waals surface area contributed by atoms with Crippen molar-refractivity contribution in [2.45, 2.75) is 58.3 Å². The summed E-state index contributed by atoms with van der Waals surface area (Å²) in [6.45, 7) is 2.26. The fourth-order valence-corrected chi connectivity index (χ4v) is 2.47. The third kappa shape index (κ3) is 4.48. The van der Waals surface area contributed by atoms with Gasteiger partial charge in [-0.05, 0) is 18.6 Å². The lowest BCUT2D eigenvalue weighted by molar-refractivity contribution is 0.582. The van der Waals surface area contributed by atoms with Crippen LogP contribution in [0, 0.1) is 0 Å². The molecule has 0 saturated heterocycles. The molecule has 0 N–H and O–H groups in total. The smallest absolute Gasteiger partial charge is 0.137 e. The quantitative estimate of drug-likeness (QED) is 0.626. The molecule has 0 unspecified atom stereocenters. The van der Waals surface area contributed by atoms with E-state index in [-0.39, 0.29) is 0 Å². The lowest BCUT2D eigenvalue weighted by Crippen LogP contribution is -2.00. The van der Waals surface area contributed by atoms with Crippen molar-refractivity contribution in [1.82, 2.24) is 14.8 Å². The molecule has 20 heavy (non-hydrogen) atoms. The molecular weight excluding hydrogens is 246 g/mol. The largest absolute Gasteiger partial charge is 0.286 e. The lowest BCUT2D eigenvalue weighted by atomic mass is 10.1. The van der Waals surface area contributed by atoms with Gasteiger partial charge in [0, 0.05) is 12.1 Å². The molecule has 2 rings (SSSR count). The maximum Gasteiger partial charge on any atom is 0.137 e. The Bertz CT molecular complexity index is 476. The Kier molecular flexibility index (Phi) is 6.28. The minimum atomic E-state index is 1.02. The van der Waals surface area contributed by atoms with E-state index < -0.39 is 0 Å². The van der Waals surface area contributed by atoms with E-state index in [1.807, 2.05) is 24.5 Å². The average molecular weight is 271 g/mol. The van der Waals surface area contributed by atoms with Crippen LogP contribution >= 0.6 is 0 Å². The van der Waals surface area contributed by atoms with Gasteiger partial charge in [0.2, 0.25) is 0 Å². The molecule has 3 nitrogen and oxygen atoms in total. The van der Waals surface area contributed by atoms with Crippen LogP contribution in [-0.4, -0.2) is 14.8 Å². The van der Waals surface area contributed by atoms with Gasteiger partial charge < -0.3 is 0 Å². The minimum absolute atomic E-state index is 1.02. The van der Waals surface area contributed by atoms with E-state index in [0.29, 0.717) is 0 Å². The summed E-state index contributed by atoms with van der Waals surface area (Å²) in [5, 5.41) is 8.30. The number of unbranched alkanes of at least 4 members (excludes halogenated alkanes) is 6. The summed E-state index contributed by atoms with van der Waals surface area (Å²) in [7, 11) is 0. The molecule has 0 fully saturated rings. The highest BCUT2D eigenvalue weighted by atomic mass is 15.3. The Hall–Kier alpha value is -1.64. The van der Waals surface area contributed by atoms with E-state index >= 15 is 0 Å². The van der Waals surface area contributed by atoms with Crippen molar-refractivity contribution in [3.8, 4) is 5.69 Å². The number of para-hydroxylation sites is 1. The molecule has 0 aliphatic carbocycles. The van der Waals surface area contributed by atoms with E-state index in [2.05, 4.69) is 33.8 Å². The topological polar surface area (TPSA) is 30.7 Å². The van der Waals surface area contributed by atoms with Crippen molar-refractivity contribution in [3.05, 3.63) is 42.5 Å². The van der Waals surface area contributed by atoms with Crippen LogP contribution in [0.2, 0.25) is 0 Å². The van der Waals surface area contributed by atoms with E-state index in [0.717, 1.165) is 17.9 Å². The summed E-state index contributed by atoms with van der Waals surface area (Å²) in [6, 6.07) is 10.3. The Morgan fingerprint density at radius 2 is 1.60 bits per heavy atom. The van der Waals surface area contributed by atoms with Crippen molar-refractivity contribution < 1.29 is 0 Å². The highest BCUT2D eigenvalue weighted by molar-refractivity contribution is 5.31. The summed E-state index contributed by atoms with van der Waals surface area (Å²) in [6.07, 6.45) is 12.1. The minimum Gasteiger partial charge on any atom is -0.286 e. The van der Waals surface area contributed by atoms with Crippen LogP contribution in [0.5, 0.6) is 0 Å². The molecule has 0 bridgehead atoms. The van der Waals surface area contributed by atoms with Gasteiger partial charge in [0.1, 0.15) is 12.2 Å². The van der Waals surface area contributed by atoms with E-state index in [1.165, 1.54) is 44.9 Å². The SMILES string of the molecule is CCCCCCCCCc1nncn1-c1ccccc1. The molecule has 0 radical (unpaired) electrons. The summed E-state index contributed by atoms with van der Waals surface area (Å²) in [4.78, 5) is 0. The second-order valence-electron chi connectivity index (χ2n) is 5.32. The van der Waals surface area contributed by atoms with E-state index in [9.17, 15) is 0 Å². The van der Waals surface area contributed by atoms with E-state index in [4.69, 9.17) is 0 Å². The Labute approximate surface area is 122 Å². The first-order valence-corrected chi connectivity index (χ1v) is 7.86. The van der Waals surface area contributed by atoms with Gasteiger partial charge in [0.15, 0.2) is 0 Å². The average Bonchev–Trinajstić information content (AvgIpc) is 2.96. The van der Waals surface area contributed by atoms with Crippen molar-refractivity contribution in [1.29, 1.82) is 0 Å². The Balaban J connectivity index is 1.76. The van der Waals surface area contributed by atoms with Crippen LogP contribution < -0.4 is 0 Å². The molecule has 108 valence electrons. The molecule has 0 aliphatic rings. The fraction of sp³-hybridized carbons (Fsp3) is 0.529. The predicted molar refractivity (Wildman–Crippen MR) is 83.1 cm³/mol. The third-order valence-corrected chi connectivity index (χ3v) is 3.66. The van der Waals surface area contributed by atoms with Crippen LogP contribution in [0.25, 0.3) is 5.69 Å². The normalized spacial score (nSPS) is 10.8. The molecule has 1 heterocycles. The van der Waals surface area contributed by atoms with Gasteiger partial charge in [-0.2, -0.15) is 0 Å². The molecule has 0 saturated carbocycles. The van der Waals surface area contributed by atoms with Gasteiger partial charge in [-0.15, -0.1) is 10.2 Å². The van der Waals surface area contributed by atoms with Crippen LogP contribution in [0.3, 0.4) is 0 Å². The number of benzene rings is 1. The first-order chi connectivity index (χ1) is 9.92. The maximum absolute atomic E-state index is 4.25. The highest BCUT2D eigenvalue weighted by Gasteiger charge is 2.05. The van der Waals surface area contributed by atoms with Crippen LogP contribution in [-0.2, 0) is 6.42 Å². The van der Waals surface area contributed by atoms with Crippen molar-refractivity contribution >= 4 is 0 Å². The predicted octanol–water partition coefficient (Wildman–Crippen LogP) is 4.56. The second-order valence-corrected chi connectivity index (χ2v) is 5.32. The number of nitrogens with zero attached hydrogens (tertiary/aromatic N) is 3. The summed E-state index contributed by atoms with van der Waals surface area (Å²) >= 11 is 0. The number of hydrogen-bond acceptors (Lipinski definition) is 2. The lowest BCUT2D eigenvalue weighted by Gasteiger charge is -2.06. The van der Waals surface area contributed by atoms with Crippen LogP contribution in [0.1, 0.15) is 57.7 Å². The standard InChI is InChI=1S/C17H25N3/c1-2-3-4-5-6-7-11-14-17-19-18-15-20(17)16-12-9-8-10-13-16/h8-10,12-13,15H,2-7,11,14H2,1H3. The first kappa shape index (κ1) is 14.8. The second kappa shape index (κ2) is 8.51.